The van der Waals surface area contributed by atoms with Crippen LogP contribution in [0.25, 0.3) is 11.4 Å². The smallest absolute Gasteiger partial charge is 0.159 e. The summed E-state index contributed by atoms with van der Waals surface area (Å²) in [6, 6.07) is 10.1. The maximum atomic E-state index is 4.63. The first-order valence-corrected chi connectivity index (χ1v) is 10.7. The van der Waals surface area contributed by atoms with Gasteiger partial charge in [0, 0.05) is 35.8 Å². The Morgan fingerprint density at radius 1 is 0.600 bits per heavy atom. The van der Waals surface area contributed by atoms with Crippen molar-refractivity contribution in [2.75, 3.05) is 0 Å². The second-order valence-electron chi connectivity index (χ2n) is 10.5. The van der Waals surface area contributed by atoms with Gasteiger partial charge in [0.05, 0.1) is 0 Å². The summed E-state index contributed by atoms with van der Waals surface area (Å²) < 4.78 is 0. The Labute approximate surface area is 181 Å². The third-order valence-electron chi connectivity index (χ3n) is 5.94. The lowest BCUT2D eigenvalue weighted by atomic mass is 9.74. The van der Waals surface area contributed by atoms with Crippen LogP contribution in [0.5, 0.6) is 0 Å². The van der Waals surface area contributed by atoms with Crippen LogP contribution in [0.3, 0.4) is 0 Å². The van der Waals surface area contributed by atoms with Crippen molar-refractivity contribution in [3.05, 3.63) is 72.1 Å². The van der Waals surface area contributed by atoms with Gasteiger partial charge in [-0.2, -0.15) is 0 Å². The molecule has 4 heteroatoms. The lowest BCUT2D eigenvalue weighted by Gasteiger charge is -2.31. The topological polar surface area (TPSA) is 51.6 Å². The van der Waals surface area contributed by atoms with Gasteiger partial charge in [-0.1, -0.05) is 78.8 Å². The minimum absolute atomic E-state index is 0.00147. The van der Waals surface area contributed by atoms with Crippen LogP contribution < -0.4 is 0 Å². The molecule has 0 spiro atoms. The van der Waals surface area contributed by atoms with Crippen LogP contribution in [-0.2, 0) is 16.2 Å². The molecular weight excluding hydrogens is 368 g/mol. The van der Waals surface area contributed by atoms with Gasteiger partial charge in [-0.3, -0.25) is 0 Å². The molecule has 0 aliphatic rings. The molecule has 0 aliphatic carbocycles. The van der Waals surface area contributed by atoms with E-state index < -0.39 is 0 Å². The SMILES string of the molecule is CC(C)(C)c1ncc(C(C)(C)CCC(C)(C)c2cnc(-c3ccccc3)nc2)cn1. The highest BCUT2D eigenvalue weighted by Gasteiger charge is 2.29. The van der Waals surface area contributed by atoms with Gasteiger partial charge in [0.2, 0.25) is 0 Å². The Morgan fingerprint density at radius 3 is 1.47 bits per heavy atom. The Morgan fingerprint density at radius 2 is 1.03 bits per heavy atom. The Hall–Kier alpha value is -2.62. The van der Waals surface area contributed by atoms with Crippen molar-refractivity contribution in [2.45, 2.75) is 77.6 Å². The zero-order valence-electron chi connectivity index (χ0n) is 19.4. The van der Waals surface area contributed by atoms with Gasteiger partial charge in [0.15, 0.2) is 5.82 Å². The van der Waals surface area contributed by atoms with Crippen LogP contribution in [0.15, 0.2) is 55.1 Å². The quantitative estimate of drug-likeness (QED) is 0.488. The molecule has 1 aromatic carbocycles. The zero-order chi connectivity index (χ0) is 22.0. The van der Waals surface area contributed by atoms with Crippen LogP contribution in [0.2, 0.25) is 0 Å². The highest BCUT2D eigenvalue weighted by molar-refractivity contribution is 5.54. The number of aromatic nitrogens is 4. The van der Waals surface area contributed by atoms with Crippen LogP contribution in [0, 0.1) is 0 Å². The second-order valence-corrected chi connectivity index (χ2v) is 10.5. The van der Waals surface area contributed by atoms with Gasteiger partial charge >= 0.3 is 0 Å². The fraction of sp³-hybridized carbons (Fsp3) is 0.462. The summed E-state index contributed by atoms with van der Waals surface area (Å²) in [5.74, 6) is 1.66. The first kappa shape index (κ1) is 22.1. The van der Waals surface area contributed by atoms with Crippen LogP contribution in [0.4, 0.5) is 0 Å². The summed E-state index contributed by atoms with van der Waals surface area (Å²) >= 11 is 0. The van der Waals surface area contributed by atoms with Crippen molar-refractivity contribution in [2.24, 2.45) is 0 Å². The van der Waals surface area contributed by atoms with Gasteiger partial charge < -0.3 is 0 Å². The maximum absolute atomic E-state index is 4.63. The Balaban J connectivity index is 1.70. The predicted molar refractivity (Wildman–Crippen MR) is 123 cm³/mol. The van der Waals surface area contributed by atoms with E-state index in [1.54, 1.807) is 0 Å². The maximum Gasteiger partial charge on any atom is 0.159 e. The molecule has 0 saturated heterocycles. The first-order chi connectivity index (χ1) is 14.0. The van der Waals surface area contributed by atoms with E-state index in [1.165, 1.54) is 5.56 Å². The molecule has 2 aromatic heterocycles. The van der Waals surface area contributed by atoms with Gasteiger partial charge in [-0.15, -0.1) is 0 Å². The largest absolute Gasteiger partial charge is 0.241 e. The molecule has 158 valence electrons. The Kier molecular flexibility index (Phi) is 6.07. The van der Waals surface area contributed by atoms with Gasteiger partial charge in [-0.25, -0.2) is 19.9 Å². The second kappa shape index (κ2) is 8.25. The molecule has 30 heavy (non-hydrogen) atoms. The summed E-state index contributed by atoms with van der Waals surface area (Å²) in [5.41, 5.74) is 3.34. The van der Waals surface area contributed by atoms with E-state index in [9.17, 15) is 0 Å². The van der Waals surface area contributed by atoms with Crippen molar-refractivity contribution in [3.8, 4) is 11.4 Å². The van der Waals surface area contributed by atoms with Crippen molar-refractivity contribution in [1.29, 1.82) is 0 Å². The molecule has 0 aliphatic heterocycles. The van der Waals surface area contributed by atoms with Crippen LogP contribution in [-0.4, -0.2) is 19.9 Å². The number of nitrogens with zero attached hydrogens (tertiary/aromatic N) is 4. The number of rotatable bonds is 6. The van der Waals surface area contributed by atoms with Gasteiger partial charge in [-0.05, 0) is 34.8 Å². The fourth-order valence-corrected chi connectivity index (χ4v) is 3.39. The lowest BCUT2D eigenvalue weighted by molar-refractivity contribution is 0.371. The number of benzene rings is 1. The first-order valence-electron chi connectivity index (χ1n) is 10.7. The van der Waals surface area contributed by atoms with Crippen LogP contribution >= 0.6 is 0 Å². The highest BCUT2D eigenvalue weighted by Crippen LogP contribution is 2.35. The average Bonchev–Trinajstić information content (AvgIpc) is 2.73. The minimum atomic E-state index is -0.0312. The lowest BCUT2D eigenvalue weighted by Crippen LogP contribution is -2.25. The van der Waals surface area contributed by atoms with E-state index in [1.807, 2.05) is 55.1 Å². The summed E-state index contributed by atoms with van der Waals surface area (Å²) in [7, 11) is 0. The molecule has 0 atom stereocenters. The van der Waals surface area contributed by atoms with E-state index in [4.69, 9.17) is 0 Å². The molecule has 0 saturated carbocycles. The van der Waals surface area contributed by atoms with Crippen molar-refractivity contribution >= 4 is 0 Å². The molecule has 4 nitrogen and oxygen atoms in total. The monoisotopic (exact) mass is 402 g/mol. The third-order valence-corrected chi connectivity index (χ3v) is 5.94. The molecule has 0 bridgehead atoms. The van der Waals surface area contributed by atoms with Crippen molar-refractivity contribution in [3.63, 3.8) is 0 Å². The molecule has 0 N–H and O–H groups in total. The molecule has 2 heterocycles. The highest BCUT2D eigenvalue weighted by atomic mass is 14.9. The standard InChI is InChI=1S/C26H34N4/c1-24(2,3)23-29-17-21(18-30-23)26(6,7)14-13-25(4,5)20-15-27-22(28-16-20)19-11-9-8-10-12-19/h8-12,15-18H,13-14H2,1-7H3. The van der Waals surface area contributed by atoms with Crippen molar-refractivity contribution in [1.82, 2.24) is 19.9 Å². The van der Waals surface area contributed by atoms with Gasteiger partial charge in [0.1, 0.15) is 5.82 Å². The summed E-state index contributed by atoms with van der Waals surface area (Å²) in [6.45, 7) is 15.5. The fourth-order valence-electron chi connectivity index (χ4n) is 3.39. The molecule has 0 amide bonds. The summed E-state index contributed by atoms with van der Waals surface area (Å²) in [5, 5.41) is 0. The average molecular weight is 403 g/mol. The number of hydrogen-bond acceptors (Lipinski definition) is 4. The summed E-state index contributed by atoms with van der Waals surface area (Å²) in [6.07, 6.45) is 10.00. The molecule has 0 fully saturated rings. The van der Waals surface area contributed by atoms with E-state index in [0.29, 0.717) is 0 Å². The van der Waals surface area contributed by atoms with E-state index >= 15 is 0 Å². The molecule has 3 aromatic rings. The van der Waals surface area contributed by atoms with E-state index in [0.717, 1.165) is 35.6 Å². The van der Waals surface area contributed by atoms with Crippen LogP contribution in [0.1, 0.15) is 78.3 Å². The van der Waals surface area contributed by atoms with E-state index in [2.05, 4.69) is 68.4 Å². The van der Waals surface area contributed by atoms with E-state index in [-0.39, 0.29) is 16.2 Å². The molecule has 0 unspecified atom stereocenters. The number of hydrogen-bond donors (Lipinski definition) is 0. The molecule has 0 radical (unpaired) electrons. The summed E-state index contributed by atoms with van der Waals surface area (Å²) in [4.78, 5) is 18.5. The Bertz CT molecular complexity index is 951. The predicted octanol–water partition coefficient (Wildman–Crippen LogP) is 6.27. The van der Waals surface area contributed by atoms with Gasteiger partial charge in [0.25, 0.3) is 0 Å². The molecule has 3 rings (SSSR count). The molecular formula is C26H34N4. The minimum Gasteiger partial charge on any atom is -0.241 e. The normalized spacial score (nSPS) is 12.8. The third kappa shape index (κ3) is 5.10. The van der Waals surface area contributed by atoms with Crippen molar-refractivity contribution < 1.29 is 0 Å². The zero-order valence-corrected chi connectivity index (χ0v) is 19.4.